The zero-order valence-electron chi connectivity index (χ0n) is 29.6. The first-order valence-electron chi connectivity index (χ1n) is 18.1. The number of H-pyrrole nitrogens is 1. The van der Waals surface area contributed by atoms with E-state index in [1.54, 1.807) is 7.11 Å². The molecule has 1 aliphatic carbocycles. The van der Waals surface area contributed by atoms with E-state index in [9.17, 15) is 24.3 Å². The Morgan fingerprint density at radius 1 is 1.06 bits per heavy atom. The molecule has 2 aromatic rings. The van der Waals surface area contributed by atoms with Gasteiger partial charge in [-0.1, -0.05) is 39.7 Å². The third-order valence-corrected chi connectivity index (χ3v) is 10.2. The summed E-state index contributed by atoms with van der Waals surface area (Å²) in [6.07, 6.45) is 8.54. The number of carboxylic acids is 1. The number of alkyl carbamates (subject to hydrolysis) is 1. The Labute approximate surface area is 288 Å². The summed E-state index contributed by atoms with van der Waals surface area (Å²) < 4.78 is 17.5. The Balaban J connectivity index is 1.09. The number of unbranched alkanes of at least 4 members (excludes halogenated alkanes) is 2. The van der Waals surface area contributed by atoms with E-state index in [2.05, 4.69) is 15.2 Å². The molecule has 12 heteroatoms. The number of methoxy groups -OCH3 is 1. The summed E-state index contributed by atoms with van der Waals surface area (Å²) in [6, 6.07) is 3.96. The second-order valence-corrected chi connectivity index (χ2v) is 14.9. The Kier molecular flexibility index (Phi) is 12.1. The van der Waals surface area contributed by atoms with Crippen LogP contribution in [0.1, 0.15) is 90.5 Å². The van der Waals surface area contributed by atoms with Crippen LogP contribution in [0.5, 0.6) is 11.5 Å². The number of carboxylic acid groups (broad SMARTS) is 1. The van der Waals surface area contributed by atoms with Crippen LogP contribution in [0, 0.1) is 11.3 Å². The van der Waals surface area contributed by atoms with Gasteiger partial charge in [-0.05, 0) is 94.3 Å². The summed E-state index contributed by atoms with van der Waals surface area (Å²) in [5, 5.41) is 13.1. The molecule has 270 valence electrons. The summed E-state index contributed by atoms with van der Waals surface area (Å²) in [7, 11) is 1.59. The first-order valence-corrected chi connectivity index (χ1v) is 18.1. The molecule has 5 rings (SSSR count). The quantitative estimate of drug-likeness (QED) is 0.205. The molecule has 0 bridgehead atoms. The molecule has 3 N–H and O–H groups in total. The van der Waals surface area contributed by atoms with E-state index in [0.717, 1.165) is 63.5 Å². The maximum atomic E-state index is 13.3. The normalized spacial score (nSPS) is 21.5. The minimum absolute atomic E-state index is 0.150. The van der Waals surface area contributed by atoms with Gasteiger partial charge in [0, 0.05) is 18.5 Å². The van der Waals surface area contributed by atoms with Gasteiger partial charge >= 0.3 is 12.1 Å². The number of benzene rings is 1. The Bertz CT molecular complexity index is 1530. The van der Waals surface area contributed by atoms with Crippen LogP contribution < -0.4 is 20.3 Å². The third kappa shape index (κ3) is 9.26. The number of ether oxygens (including phenoxy) is 3. The molecule has 1 saturated carbocycles. The number of fused-ring (bicyclic) bond motifs is 1. The summed E-state index contributed by atoms with van der Waals surface area (Å²) in [5.74, 6) is 0.105. The number of aromatic amines is 1. The van der Waals surface area contributed by atoms with Crippen LogP contribution in [0.3, 0.4) is 0 Å². The van der Waals surface area contributed by atoms with Crippen LogP contribution in [0.4, 0.5) is 4.79 Å². The van der Waals surface area contributed by atoms with Crippen molar-refractivity contribution in [1.82, 2.24) is 20.1 Å². The first kappa shape index (κ1) is 36.5. The van der Waals surface area contributed by atoms with Crippen LogP contribution in [0.2, 0.25) is 0 Å². The number of amides is 2. The van der Waals surface area contributed by atoms with Gasteiger partial charge in [0.05, 0.1) is 24.8 Å². The maximum absolute atomic E-state index is 13.3. The van der Waals surface area contributed by atoms with Gasteiger partial charge in [-0.25, -0.2) is 9.59 Å². The number of carbonyl (C=O) groups excluding carboxylic acids is 2. The molecule has 49 heavy (non-hydrogen) atoms. The number of carbonyl (C=O) groups is 3. The molecule has 1 aromatic heterocycles. The van der Waals surface area contributed by atoms with Crippen molar-refractivity contribution in [2.75, 3.05) is 39.9 Å². The minimum atomic E-state index is -1.02. The summed E-state index contributed by atoms with van der Waals surface area (Å²) >= 11 is 0. The Morgan fingerprint density at radius 3 is 2.55 bits per heavy atom. The van der Waals surface area contributed by atoms with Crippen molar-refractivity contribution in [3.8, 4) is 11.5 Å². The van der Waals surface area contributed by atoms with Crippen molar-refractivity contribution in [3.63, 3.8) is 0 Å². The predicted octanol–water partition coefficient (Wildman–Crippen LogP) is 5.11. The van der Waals surface area contributed by atoms with E-state index in [1.165, 1.54) is 17.7 Å². The van der Waals surface area contributed by atoms with E-state index >= 15 is 0 Å². The number of hydrogen-bond acceptors (Lipinski definition) is 8. The molecule has 2 aliphatic heterocycles. The lowest BCUT2D eigenvalue weighted by Gasteiger charge is -2.34. The van der Waals surface area contributed by atoms with E-state index in [1.807, 2.05) is 39.0 Å². The van der Waals surface area contributed by atoms with Crippen LogP contribution in [-0.4, -0.2) is 95.9 Å². The monoisotopic (exact) mass is 682 g/mol. The highest BCUT2D eigenvalue weighted by Gasteiger charge is 2.44. The maximum Gasteiger partial charge on any atom is 0.408 e. The smallest absolute Gasteiger partial charge is 0.408 e. The highest BCUT2D eigenvalue weighted by molar-refractivity contribution is 5.91. The predicted molar refractivity (Wildman–Crippen MR) is 186 cm³/mol. The summed E-state index contributed by atoms with van der Waals surface area (Å²) in [5.41, 5.74) is 0.541. The van der Waals surface area contributed by atoms with Gasteiger partial charge in [0.15, 0.2) is 0 Å². The van der Waals surface area contributed by atoms with Gasteiger partial charge in [0.1, 0.15) is 29.7 Å². The number of aromatic nitrogens is 1. The number of aliphatic carboxylic acids is 1. The lowest BCUT2D eigenvalue weighted by Crippen LogP contribution is -2.56. The summed E-state index contributed by atoms with van der Waals surface area (Å²) in [4.78, 5) is 58.0. The molecule has 3 heterocycles. The minimum Gasteiger partial charge on any atom is -0.495 e. The molecule has 3 fully saturated rings. The number of nitrogens with zero attached hydrogens (tertiary/aromatic N) is 2. The van der Waals surface area contributed by atoms with Gasteiger partial charge in [-0.3, -0.25) is 9.59 Å². The standard InChI is InChI=1S/C37H54N4O8/c1-37(2,3)32(34(43)41-21-11-16-27(41)35(44)45)39-36(46)49-29-23-24(29)13-6-5-7-14-26-31(48-22-12-20-40-18-8-9-19-40)25-15-10-17-28(47-4)30(25)38-33(26)42/h10,15,17,24,27,29,32H,5-9,11-14,16,18-23H2,1-4H3,(H,38,42)(H,39,46)(H,44,45)/t24-,27+,29?,32-/m1/s1. The fourth-order valence-electron chi connectivity index (χ4n) is 7.28. The van der Waals surface area contributed by atoms with Crippen molar-refractivity contribution < 1.29 is 33.7 Å². The molecule has 2 saturated heterocycles. The molecule has 3 aliphatic rings. The molecule has 2 amide bonds. The first-order chi connectivity index (χ1) is 23.5. The van der Waals surface area contributed by atoms with Crippen LogP contribution in [-0.2, 0) is 20.7 Å². The van der Waals surface area contributed by atoms with Gasteiger partial charge in [-0.2, -0.15) is 0 Å². The second kappa shape index (κ2) is 16.3. The van der Waals surface area contributed by atoms with Crippen LogP contribution in [0.15, 0.2) is 23.0 Å². The van der Waals surface area contributed by atoms with E-state index < -0.39 is 29.6 Å². The number of para-hydroxylation sites is 1. The lowest BCUT2D eigenvalue weighted by atomic mass is 9.85. The average molecular weight is 683 g/mol. The van der Waals surface area contributed by atoms with Gasteiger partial charge in [0.25, 0.3) is 5.56 Å². The Hall–Kier alpha value is -3.80. The molecule has 0 spiro atoms. The fraction of sp³-hybridized carbons (Fsp3) is 0.676. The SMILES string of the molecule is COc1cccc2c(OCCCN3CCCC3)c(CCCCC[C@@H]3CC3OC(=O)N[C@H](C(=O)N3CCC[C@H]3C(=O)O)C(C)(C)C)c(=O)[nH]c12. The van der Waals surface area contributed by atoms with E-state index in [0.29, 0.717) is 55.0 Å². The molecule has 0 radical (unpaired) electrons. The van der Waals surface area contributed by atoms with Crippen molar-refractivity contribution >= 4 is 28.9 Å². The summed E-state index contributed by atoms with van der Waals surface area (Å²) in [6.45, 7) is 9.71. The van der Waals surface area contributed by atoms with Crippen molar-refractivity contribution in [3.05, 3.63) is 34.1 Å². The number of hydrogen-bond donors (Lipinski definition) is 3. The molecule has 1 unspecified atom stereocenters. The van der Waals surface area contributed by atoms with Crippen molar-refractivity contribution in [2.24, 2.45) is 11.3 Å². The number of rotatable bonds is 16. The lowest BCUT2D eigenvalue weighted by molar-refractivity contribution is -0.150. The highest BCUT2D eigenvalue weighted by Crippen LogP contribution is 2.39. The molecule has 12 nitrogen and oxygen atoms in total. The zero-order valence-corrected chi connectivity index (χ0v) is 29.6. The van der Waals surface area contributed by atoms with Gasteiger partial charge < -0.3 is 39.4 Å². The molecule has 4 atom stereocenters. The van der Waals surface area contributed by atoms with Crippen molar-refractivity contribution in [1.29, 1.82) is 0 Å². The molecular formula is C37H54N4O8. The van der Waals surface area contributed by atoms with E-state index in [-0.39, 0.29) is 23.5 Å². The number of likely N-dealkylation sites (tertiary alicyclic amines) is 2. The largest absolute Gasteiger partial charge is 0.495 e. The van der Waals surface area contributed by atoms with Gasteiger partial charge in [-0.15, -0.1) is 0 Å². The Morgan fingerprint density at radius 2 is 1.84 bits per heavy atom. The topological polar surface area (TPSA) is 150 Å². The average Bonchev–Trinajstić information content (AvgIpc) is 3.41. The van der Waals surface area contributed by atoms with Crippen LogP contribution >= 0.6 is 0 Å². The number of pyridine rings is 1. The van der Waals surface area contributed by atoms with Crippen LogP contribution in [0.25, 0.3) is 10.9 Å². The second-order valence-electron chi connectivity index (χ2n) is 14.9. The molecular weight excluding hydrogens is 628 g/mol. The highest BCUT2D eigenvalue weighted by atomic mass is 16.6. The molecule has 1 aromatic carbocycles. The number of nitrogens with one attached hydrogen (secondary N) is 2. The fourth-order valence-corrected chi connectivity index (χ4v) is 7.28. The van der Waals surface area contributed by atoms with E-state index in [4.69, 9.17) is 14.2 Å². The van der Waals surface area contributed by atoms with Gasteiger partial charge in [0.2, 0.25) is 5.91 Å². The third-order valence-electron chi connectivity index (χ3n) is 10.2. The van der Waals surface area contributed by atoms with Crippen molar-refractivity contribution in [2.45, 2.75) is 110 Å². The zero-order chi connectivity index (χ0) is 35.1.